The van der Waals surface area contributed by atoms with Crippen LogP contribution < -0.4 is 10.1 Å². The largest absolute Gasteiger partial charge is 0.480 e. The smallest absolute Gasteiger partial charge is 0.257 e. The summed E-state index contributed by atoms with van der Waals surface area (Å²) >= 11 is 0. The number of ether oxygens (including phenoxy) is 1. The molecule has 1 amide bonds. The van der Waals surface area contributed by atoms with Crippen LogP contribution in [-0.4, -0.2) is 23.0 Å². The van der Waals surface area contributed by atoms with Crippen molar-refractivity contribution in [3.8, 4) is 5.88 Å². The molecule has 0 saturated carbocycles. The van der Waals surface area contributed by atoms with E-state index >= 15 is 0 Å². The zero-order valence-corrected chi connectivity index (χ0v) is 9.43. The van der Waals surface area contributed by atoms with Crippen LogP contribution in [0.1, 0.15) is 15.9 Å². The third-order valence-electron chi connectivity index (χ3n) is 2.32. The number of carbonyl (C=O) groups excluding carboxylic acids is 1. The van der Waals surface area contributed by atoms with Crippen LogP contribution in [0.25, 0.3) is 0 Å². The highest BCUT2D eigenvalue weighted by Crippen LogP contribution is 2.13. The molecule has 0 aliphatic carbocycles. The molecular formula is C12H13N3O2. The van der Waals surface area contributed by atoms with E-state index in [0.717, 1.165) is 5.56 Å². The van der Waals surface area contributed by atoms with Crippen molar-refractivity contribution in [2.24, 2.45) is 0 Å². The van der Waals surface area contributed by atoms with Gasteiger partial charge in [0.15, 0.2) is 0 Å². The Balaban J connectivity index is 2.04. The second-order valence-corrected chi connectivity index (χ2v) is 3.46. The molecule has 0 saturated heterocycles. The van der Waals surface area contributed by atoms with Crippen LogP contribution in [0.3, 0.4) is 0 Å². The van der Waals surface area contributed by atoms with Crippen LogP contribution in [-0.2, 0) is 6.54 Å². The predicted octanol–water partition coefficient (Wildman–Crippen LogP) is 1.35. The average Bonchev–Trinajstić information content (AvgIpc) is 2.89. The van der Waals surface area contributed by atoms with E-state index in [9.17, 15) is 4.79 Å². The van der Waals surface area contributed by atoms with Crippen LogP contribution in [0.5, 0.6) is 5.88 Å². The number of carbonyl (C=O) groups is 1. The van der Waals surface area contributed by atoms with Gasteiger partial charge in [-0.2, -0.15) is 0 Å². The molecule has 2 aromatic rings. The zero-order chi connectivity index (χ0) is 12.1. The van der Waals surface area contributed by atoms with Gasteiger partial charge < -0.3 is 15.0 Å². The minimum atomic E-state index is -0.198. The van der Waals surface area contributed by atoms with E-state index in [1.54, 1.807) is 18.3 Å². The molecule has 2 N–H and O–H groups in total. The summed E-state index contributed by atoms with van der Waals surface area (Å²) in [6, 6.07) is 5.28. The maximum Gasteiger partial charge on any atom is 0.257 e. The summed E-state index contributed by atoms with van der Waals surface area (Å²) < 4.78 is 5.03. The molecule has 0 unspecified atom stereocenters. The van der Waals surface area contributed by atoms with E-state index in [1.807, 2.05) is 18.5 Å². The second kappa shape index (κ2) is 5.16. The Bertz CT molecular complexity index is 494. The number of hydrogen-bond donors (Lipinski definition) is 2. The standard InChI is InChI=1S/C12H13N3O2/c1-17-12-10(3-2-5-14-12)11(16)15-8-9-4-6-13-7-9/h2-7,13H,8H2,1H3,(H,15,16). The molecule has 0 atom stereocenters. The first-order valence-electron chi connectivity index (χ1n) is 5.20. The normalized spacial score (nSPS) is 9.94. The highest BCUT2D eigenvalue weighted by Gasteiger charge is 2.11. The molecule has 17 heavy (non-hydrogen) atoms. The maximum absolute atomic E-state index is 11.9. The molecule has 0 fully saturated rings. The van der Waals surface area contributed by atoms with Gasteiger partial charge in [0.25, 0.3) is 5.91 Å². The van der Waals surface area contributed by atoms with Crippen molar-refractivity contribution in [3.05, 3.63) is 47.9 Å². The van der Waals surface area contributed by atoms with Crippen LogP contribution in [0.15, 0.2) is 36.8 Å². The van der Waals surface area contributed by atoms with Crippen molar-refractivity contribution >= 4 is 5.91 Å². The lowest BCUT2D eigenvalue weighted by Crippen LogP contribution is -2.23. The molecule has 5 nitrogen and oxygen atoms in total. The van der Waals surface area contributed by atoms with Crippen molar-refractivity contribution in [3.63, 3.8) is 0 Å². The van der Waals surface area contributed by atoms with E-state index in [2.05, 4.69) is 15.3 Å². The van der Waals surface area contributed by atoms with Gasteiger partial charge in [-0.25, -0.2) is 4.98 Å². The molecule has 2 aromatic heterocycles. The number of aromatic amines is 1. The van der Waals surface area contributed by atoms with Gasteiger partial charge >= 0.3 is 0 Å². The van der Waals surface area contributed by atoms with Gasteiger partial charge in [0.1, 0.15) is 5.56 Å². The van der Waals surface area contributed by atoms with E-state index in [1.165, 1.54) is 7.11 Å². The zero-order valence-electron chi connectivity index (χ0n) is 9.43. The Morgan fingerprint density at radius 1 is 1.53 bits per heavy atom. The number of aromatic nitrogens is 2. The third-order valence-corrected chi connectivity index (χ3v) is 2.32. The molecule has 2 heterocycles. The molecular weight excluding hydrogens is 218 g/mol. The molecule has 88 valence electrons. The summed E-state index contributed by atoms with van der Waals surface area (Å²) in [4.78, 5) is 18.8. The molecule has 0 radical (unpaired) electrons. The molecule has 0 aromatic carbocycles. The highest BCUT2D eigenvalue weighted by atomic mass is 16.5. The summed E-state index contributed by atoms with van der Waals surface area (Å²) in [5, 5.41) is 2.80. The number of nitrogens with one attached hydrogen (secondary N) is 2. The lowest BCUT2D eigenvalue weighted by atomic mass is 10.2. The van der Waals surface area contributed by atoms with E-state index in [-0.39, 0.29) is 5.91 Å². The summed E-state index contributed by atoms with van der Waals surface area (Å²) in [6.07, 6.45) is 5.23. The molecule has 2 rings (SSSR count). The van der Waals surface area contributed by atoms with Gasteiger partial charge in [0.05, 0.1) is 7.11 Å². The molecule has 0 aliphatic heterocycles. The Kier molecular flexibility index (Phi) is 3.40. The summed E-state index contributed by atoms with van der Waals surface area (Å²) in [5.41, 5.74) is 1.45. The number of amides is 1. The Morgan fingerprint density at radius 2 is 2.41 bits per heavy atom. The average molecular weight is 231 g/mol. The number of nitrogens with zero attached hydrogens (tertiary/aromatic N) is 1. The topological polar surface area (TPSA) is 67.0 Å². The summed E-state index contributed by atoms with van der Waals surface area (Å²) in [5.74, 6) is 0.134. The quantitative estimate of drug-likeness (QED) is 0.834. The van der Waals surface area contributed by atoms with E-state index in [4.69, 9.17) is 4.74 Å². The fourth-order valence-electron chi connectivity index (χ4n) is 1.47. The maximum atomic E-state index is 11.9. The minimum absolute atomic E-state index is 0.198. The number of methoxy groups -OCH3 is 1. The Hall–Kier alpha value is -2.30. The fraction of sp³-hybridized carbons (Fsp3) is 0.167. The summed E-state index contributed by atoms with van der Waals surface area (Å²) in [6.45, 7) is 0.473. The van der Waals surface area contributed by atoms with Crippen molar-refractivity contribution in [1.29, 1.82) is 0 Å². The molecule has 0 spiro atoms. The molecule has 0 aliphatic rings. The van der Waals surface area contributed by atoms with Crippen molar-refractivity contribution < 1.29 is 9.53 Å². The van der Waals surface area contributed by atoms with Gasteiger partial charge in [0, 0.05) is 25.1 Å². The molecule has 5 heteroatoms. The summed E-state index contributed by atoms with van der Waals surface area (Å²) in [7, 11) is 1.49. The van der Waals surface area contributed by atoms with Crippen LogP contribution in [0.4, 0.5) is 0 Å². The fourth-order valence-corrected chi connectivity index (χ4v) is 1.47. The minimum Gasteiger partial charge on any atom is -0.480 e. The second-order valence-electron chi connectivity index (χ2n) is 3.46. The first-order valence-corrected chi connectivity index (χ1v) is 5.20. The predicted molar refractivity (Wildman–Crippen MR) is 62.8 cm³/mol. The van der Waals surface area contributed by atoms with Crippen LogP contribution in [0.2, 0.25) is 0 Å². The molecule has 0 bridgehead atoms. The lowest BCUT2D eigenvalue weighted by molar-refractivity contribution is 0.0947. The van der Waals surface area contributed by atoms with Crippen molar-refractivity contribution in [1.82, 2.24) is 15.3 Å². The van der Waals surface area contributed by atoms with Gasteiger partial charge in [-0.05, 0) is 23.8 Å². The van der Waals surface area contributed by atoms with E-state index in [0.29, 0.717) is 18.0 Å². The third kappa shape index (κ3) is 2.63. The SMILES string of the molecule is COc1ncccc1C(=O)NCc1cc[nH]c1. The Labute approximate surface area is 98.8 Å². The first kappa shape index (κ1) is 11.2. The lowest BCUT2D eigenvalue weighted by Gasteiger charge is -2.07. The number of H-pyrrole nitrogens is 1. The first-order chi connectivity index (χ1) is 8.31. The van der Waals surface area contributed by atoms with Crippen LogP contribution in [0, 0.1) is 0 Å². The van der Waals surface area contributed by atoms with Crippen molar-refractivity contribution in [2.75, 3.05) is 7.11 Å². The van der Waals surface area contributed by atoms with Gasteiger partial charge in [-0.1, -0.05) is 0 Å². The van der Waals surface area contributed by atoms with Gasteiger partial charge in [-0.15, -0.1) is 0 Å². The Morgan fingerprint density at radius 3 is 3.12 bits per heavy atom. The van der Waals surface area contributed by atoms with Crippen molar-refractivity contribution in [2.45, 2.75) is 6.54 Å². The number of rotatable bonds is 4. The number of hydrogen-bond acceptors (Lipinski definition) is 3. The highest BCUT2D eigenvalue weighted by molar-refractivity contribution is 5.96. The van der Waals surface area contributed by atoms with E-state index < -0.39 is 0 Å². The van der Waals surface area contributed by atoms with Gasteiger partial charge in [-0.3, -0.25) is 4.79 Å². The van der Waals surface area contributed by atoms with Crippen LogP contribution >= 0.6 is 0 Å². The van der Waals surface area contributed by atoms with Gasteiger partial charge in [0.2, 0.25) is 5.88 Å². The monoisotopic (exact) mass is 231 g/mol. The number of pyridine rings is 1.